The Morgan fingerprint density at radius 1 is 0.850 bits per heavy atom. The van der Waals surface area contributed by atoms with E-state index in [2.05, 4.69) is 5.32 Å². The van der Waals surface area contributed by atoms with E-state index >= 15 is 0 Å². The SMILES string of the molecule is O=C(Cl)c1ccc2c(c1)Nc1ccc(C(=O)Cl)cc1O2. The van der Waals surface area contributed by atoms with Crippen LogP contribution in [0.25, 0.3) is 0 Å². The first-order valence-electron chi connectivity index (χ1n) is 5.67. The summed E-state index contributed by atoms with van der Waals surface area (Å²) in [5.74, 6) is 1.03. The number of anilines is 2. The van der Waals surface area contributed by atoms with Crippen molar-refractivity contribution in [3.05, 3.63) is 47.5 Å². The highest BCUT2D eigenvalue weighted by Gasteiger charge is 2.19. The number of rotatable bonds is 2. The van der Waals surface area contributed by atoms with Crippen molar-refractivity contribution >= 4 is 45.1 Å². The number of benzene rings is 2. The molecule has 2 aromatic rings. The van der Waals surface area contributed by atoms with E-state index in [1.807, 2.05) is 0 Å². The molecule has 0 atom stereocenters. The van der Waals surface area contributed by atoms with E-state index in [0.29, 0.717) is 34.0 Å². The number of fused-ring (bicyclic) bond motifs is 2. The second kappa shape index (κ2) is 4.81. The van der Waals surface area contributed by atoms with Gasteiger partial charge in [-0.05, 0) is 59.6 Å². The van der Waals surface area contributed by atoms with Crippen molar-refractivity contribution in [3.8, 4) is 11.5 Å². The lowest BCUT2D eigenvalue weighted by Crippen LogP contribution is -2.05. The summed E-state index contributed by atoms with van der Waals surface area (Å²) in [6, 6.07) is 9.64. The molecule has 1 aliphatic rings. The van der Waals surface area contributed by atoms with Crippen LogP contribution in [0.15, 0.2) is 36.4 Å². The number of ether oxygens (including phenoxy) is 1. The Labute approximate surface area is 124 Å². The molecule has 6 heteroatoms. The average Bonchev–Trinajstić information content (AvgIpc) is 2.43. The van der Waals surface area contributed by atoms with Gasteiger partial charge < -0.3 is 10.1 Å². The first-order valence-corrected chi connectivity index (χ1v) is 6.43. The van der Waals surface area contributed by atoms with Crippen LogP contribution in [-0.2, 0) is 0 Å². The van der Waals surface area contributed by atoms with Gasteiger partial charge in [-0.1, -0.05) is 0 Å². The lowest BCUT2D eigenvalue weighted by atomic mass is 10.1. The molecule has 0 bridgehead atoms. The lowest BCUT2D eigenvalue weighted by Gasteiger charge is -2.22. The summed E-state index contributed by atoms with van der Waals surface area (Å²) in [6.45, 7) is 0. The molecule has 2 aromatic carbocycles. The Balaban J connectivity index is 2.02. The van der Waals surface area contributed by atoms with Crippen molar-refractivity contribution in [1.29, 1.82) is 0 Å². The highest BCUT2D eigenvalue weighted by molar-refractivity contribution is 6.68. The summed E-state index contributed by atoms with van der Waals surface area (Å²) in [4.78, 5) is 22.3. The van der Waals surface area contributed by atoms with Gasteiger partial charge >= 0.3 is 0 Å². The number of carbonyl (C=O) groups excluding carboxylic acids is 2. The van der Waals surface area contributed by atoms with Crippen LogP contribution < -0.4 is 10.1 Å². The van der Waals surface area contributed by atoms with Gasteiger partial charge in [0.15, 0.2) is 11.5 Å². The molecule has 1 aliphatic heterocycles. The van der Waals surface area contributed by atoms with E-state index < -0.39 is 10.5 Å². The number of hydrogen-bond acceptors (Lipinski definition) is 4. The summed E-state index contributed by atoms with van der Waals surface area (Å²) >= 11 is 10.9. The number of carbonyl (C=O) groups is 2. The fraction of sp³-hybridized carbons (Fsp3) is 0. The van der Waals surface area contributed by atoms with Crippen molar-refractivity contribution in [2.45, 2.75) is 0 Å². The molecule has 0 unspecified atom stereocenters. The Bertz CT molecular complexity index is 680. The molecule has 0 aliphatic carbocycles. The van der Waals surface area contributed by atoms with E-state index in [-0.39, 0.29) is 0 Å². The molecule has 0 fully saturated rings. The number of nitrogens with one attached hydrogen (secondary N) is 1. The number of hydrogen-bond donors (Lipinski definition) is 1. The van der Waals surface area contributed by atoms with Crippen LogP contribution in [0, 0.1) is 0 Å². The molecule has 100 valence electrons. The quantitative estimate of drug-likeness (QED) is 0.717. The zero-order valence-electron chi connectivity index (χ0n) is 9.94. The molecule has 0 radical (unpaired) electrons. The molecule has 0 spiro atoms. The molecule has 0 saturated heterocycles. The smallest absolute Gasteiger partial charge is 0.252 e. The Kier molecular flexibility index (Phi) is 3.12. The predicted molar refractivity (Wildman–Crippen MR) is 76.6 cm³/mol. The van der Waals surface area contributed by atoms with Gasteiger partial charge in [-0.2, -0.15) is 0 Å². The van der Waals surface area contributed by atoms with Gasteiger partial charge in [0.1, 0.15) is 0 Å². The van der Waals surface area contributed by atoms with Crippen molar-refractivity contribution in [1.82, 2.24) is 0 Å². The summed E-state index contributed by atoms with van der Waals surface area (Å²) in [5.41, 5.74) is 2.04. The second-order valence-corrected chi connectivity index (χ2v) is 4.88. The normalized spacial score (nSPS) is 11.7. The minimum atomic E-state index is -0.551. The third-order valence-electron chi connectivity index (χ3n) is 2.90. The van der Waals surface area contributed by atoms with Crippen molar-refractivity contribution in [2.24, 2.45) is 0 Å². The maximum absolute atomic E-state index is 11.1. The van der Waals surface area contributed by atoms with E-state index in [1.165, 1.54) is 0 Å². The first-order chi connectivity index (χ1) is 9.54. The third kappa shape index (κ3) is 2.24. The lowest BCUT2D eigenvalue weighted by molar-refractivity contribution is 0.107. The minimum absolute atomic E-state index is 0.350. The topological polar surface area (TPSA) is 55.4 Å². The maximum atomic E-state index is 11.1. The second-order valence-electron chi connectivity index (χ2n) is 4.20. The molecule has 4 nitrogen and oxygen atoms in total. The molecule has 0 aromatic heterocycles. The van der Waals surface area contributed by atoms with Crippen LogP contribution in [0.4, 0.5) is 11.4 Å². The average molecular weight is 308 g/mol. The number of halogens is 2. The highest BCUT2D eigenvalue weighted by Crippen LogP contribution is 2.42. The zero-order valence-corrected chi connectivity index (χ0v) is 11.5. The highest BCUT2D eigenvalue weighted by atomic mass is 35.5. The molecule has 20 heavy (non-hydrogen) atoms. The van der Waals surface area contributed by atoms with Gasteiger partial charge in [0.05, 0.1) is 11.4 Å². The molecule has 1 N–H and O–H groups in total. The van der Waals surface area contributed by atoms with Crippen LogP contribution in [0.2, 0.25) is 0 Å². The first kappa shape index (κ1) is 13.0. The summed E-state index contributed by atoms with van der Waals surface area (Å²) in [6.07, 6.45) is 0. The monoisotopic (exact) mass is 307 g/mol. The van der Waals surface area contributed by atoms with Crippen LogP contribution in [0.5, 0.6) is 11.5 Å². The predicted octanol–water partition coefficient (Wildman–Crippen LogP) is 4.29. The standard InChI is InChI=1S/C14H7Cl2NO3/c15-13(18)7-2-4-11-10(5-7)17-9-3-1-8(14(16)19)6-12(9)20-11/h1-6,17H. The minimum Gasteiger partial charge on any atom is -0.453 e. The van der Waals surface area contributed by atoms with Crippen molar-refractivity contribution in [2.75, 3.05) is 5.32 Å². The molecule has 0 amide bonds. The Morgan fingerprint density at radius 3 is 2.20 bits per heavy atom. The molecular formula is C14H7Cl2NO3. The Morgan fingerprint density at radius 2 is 1.50 bits per heavy atom. The van der Waals surface area contributed by atoms with Crippen molar-refractivity contribution in [3.63, 3.8) is 0 Å². The van der Waals surface area contributed by atoms with E-state index in [0.717, 1.165) is 0 Å². The summed E-state index contributed by atoms with van der Waals surface area (Å²) in [5, 5.41) is 2.02. The molecule has 1 heterocycles. The van der Waals surface area contributed by atoms with Gasteiger partial charge in [-0.15, -0.1) is 0 Å². The fourth-order valence-corrected chi connectivity index (χ4v) is 2.17. The van der Waals surface area contributed by atoms with Gasteiger partial charge in [0.25, 0.3) is 10.5 Å². The molecular weight excluding hydrogens is 301 g/mol. The van der Waals surface area contributed by atoms with E-state index in [4.69, 9.17) is 27.9 Å². The molecule has 3 rings (SSSR count). The fourth-order valence-electron chi connectivity index (χ4n) is 1.93. The summed E-state index contributed by atoms with van der Waals surface area (Å²) in [7, 11) is 0. The van der Waals surface area contributed by atoms with E-state index in [9.17, 15) is 9.59 Å². The maximum Gasteiger partial charge on any atom is 0.252 e. The Hall–Kier alpha value is -2.04. The van der Waals surface area contributed by atoms with E-state index in [1.54, 1.807) is 36.4 Å². The van der Waals surface area contributed by atoms with Crippen LogP contribution in [0.1, 0.15) is 20.7 Å². The van der Waals surface area contributed by atoms with Crippen LogP contribution in [0.3, 0.4) is 0 Å². The van der Waals surface area contributed by atoms with Gasteiger partial charge in [-0.25, -0.2) is 0 Å². The third-order valence-corrected chi connectivity index (χ3v) is 3.34. The van der Waals surface area contributed by atoms with Gasteiger partial charge in [-0.3, -0.25) is 9.59 Å². The van der Waals surface area contributed by atoms with Gasteiger partial charge in [0, 0.05) is 11.1 Å². The van der Waals surface area contributed by atoms with Gasteiger partial charge in [0.2, 0.25) is 0 Å². The van der Waals surface area contributed by atoms with Crippen LogP contribution in [-0.4, -0.2) is 10.5 Å². The van der Waals surface area contributed by atoms with Crippen LogP contribution >= 0.6 is 23.2 Å². The van der Waals surface area contributed by atoms with Crippen molar-refractivity contribution < 1.29 is 14.3 Å². The largest absolute Gasteiger partial charge is 0.453 e. The summed E-state index contributed by atoms with van der Waals surface area (Å²) < 4.78 is 5.68. The molecule has 0 saturated carbocycles. The zero-order chi connectivity index (χ0) is 14.3.